The van der Waals surface area contributed by atoms with Crippen LogP contribution in [0.1, 0.15) is 66.2 Å². The van der Waals surface area contributed by atoms with Gasteiger partial charge in [-0.25, -0.2) is 8.42 Å². The van der Waals surface area contributed by atoms with Crippen molar-refractivity contribution in [3.8, 4) is 0 Å². The Bertz CT molecular complexity index is 427. The summed E-state index contributed by atoms with van der Waals surface area (Å²) in [6, 6.07) is 0. The van der Waals surface area contributed by atoms with Gasteiger partial charge in [0.05, 0.1) is 5.75 Å². The number of Topliss-reactive ketones (excluding diaryl/α,β-unsaturated/α-hetero) is 1. The standard InChI is InChI=1S/C15H29NO4S/c1-12(2)14(17)10-8-6-5-7-9-11-21(19,20)16-15(18)13(3)4/h12-13H,5-11H2,1-4H3,(H,16,18). The second kappa shape index (κ2) is 9.92. The van der Waals surface area contributed by atoms with Crippen LogP contribution >= 0.6 is 0 Å². The molecule has 0 saturated heterocycles. The van der Waals surface area contributed by atoms with Crippen molar-refractivity contribution < 1.29 is 18.0 Å². The van der Waals surface area contributed by atoms with Gasteiger partial charge in [-0.05, 0) is 12.8 Å². The summed E-state index contributed by atoms with van der Waals surface area (Å²) in [4.78, 5) is 22.7. The maximum Gasteiger partial charge on any atom is 0.235 e. The summed E-state index contributed by atoms with van der Waals surface area (Å²) in [5.74, 6) is -0.426. The second-order valence-corrected chi connectivity index (χ2v) is 7.92. The Labute approximate surface area is 128 Å². The predicted molar refractivity (Wildman–Crippen MR) is 84.3 cm³/mol. The first-order chi connectivity index (χ1) is 9.65. The SMILES string of the molecule is CC(C)C(=O)CCCCCCCS(=O)(=O)NC(=O)C(C)C. The van der Waals surface area contributed by atoms with Gasteiger partial charge >= 0.3 is 0 Å². The van der Waals surface area contributed by atoms with Crippen molar-refractivity contribution >= 4 is 21.7 Å². The smallest absolute Gasteiger partial charge is 0.235 e. The molecule has 0 spiro atoms. The molecule has 0 unspecified atom stereocenters. The van der Waals surface area contributed by atoms with Gasteiger partial charge in [0.15, 0.2) is 0 Å². The molecule has 0 atom stereocenters. The number of rotatable bonds is 11. The van der Waals surface area contributed by atoms with Crippen LogP contribution in [0.5, 0.6) is 0 Å². The molecule has 0 aromatic carbocycles. The molecule has 1 amide bonds. The molecule has 0 radical (unpaired) electrons. The van der Waals surface area contributed by atoms with E-state index in [2.05, 4.69) is 4.72 Å². The van der Waals surface area contributed by atoms with Gasteiger partial charge < -0.3 is 0 Å². The number of unbranched alkanes of at least 4 members (excludes halogenated alkanes) is 4. The van der Waals surface area contributed by atoms with Crippen LogP contribution in [0.4, 0.5) is 0 Å². The Hall–Kier alpha value is -0.910. The van der Waals surface area contributed by atoms with Crippen LogP contribution in [0.15, 0.2) is 0 Å². The largest absolute Gasteiger partial charge is 0.299 e. The maximum atomic E-state index is 11.6. The lowest BCUT2D eigenvalue weighted by Crippen LogP contribution is -2.35. The molecule has 0 aromatic heterocycles. The minimum Gasteiger partial charge on any atom is -0.299 e. The third-order valence-electron chi connectivity index (χ3n) is 3.26. The molecule has 5 nitrogen and oxygen atoms in total. The number of hydrogen-bond acceptors (Lipinski definition) is 4. The maximum absolute atomic E-state index is 11.6. The highest BCUT2D eigenvalue weighted by molar-refractivity contribution is 7.90. The zero-order valence-corrected chi connectivity index (χ0v) is 14.5. The number of hydrogen-bond donors (Lipinski definition) is 1. The molecule has 0 aliphatic carbocycles. The van der Waals surface area contributed by atoms with Crippen LogP contribution in [0, 0.1) is 11.8 Å². The first-order valence-electron chi connectivity index (χ1n) is 7.72. The van der Waals surface area contributed by atoms with Gasteiger partial charge in [-0.2, -0.15) is 0 Å². The van der Waals surface area contributed by atoms with Gasteiger partial charge in [-0.1, -0.05) is 47.0 Å². The molecule has 0 heterocycles. The van der Waals surface area contributed by atoms with Crippen LogP contribution in [-0.2, 0) is 19.6 Å². The van der Waals surface area contributed by atoms with E-state index in [0.717, 1.165) is 25.7 Å². The average Bonchev–Trinajstić information content (AvgIpc) is 2.36. The fourth-order valence-electron chi connectivity index (χ4n) is 1.73. The fourth-order valence-corrected chi connectivity index (χ4v) is 2.96. The summed E-state index contributed by atoms with van der Waals surface area (Å²) in [6.45, 7) is 7.11. The summed E-state index contributed by atoms with van der Waals surface area (Å²) in [7, 11) is -3.50. The highest BCUT2D eigenvalue weighted by Gasteiger charge is 2.16. The molecule has 0 aliphatic rings. The van der Waals surface area contributed by atoms with Crippen molar-refractivity contribution in [3.05, 3.63) is 0 Å². The van der Waals surface area contributed by atoms with E-state index in [4.69, 9.17) is 0 Å². The van der Waals surface area contributed by atoms with E-state index in [9.17, 15) is 18.0 Å². The van der Waals surface area contributed by atoms with E-state index in [1.165, 1.54) is 0 Å². The fraction of sp³-hybridized carbons (Fsp3) is 0.867. The summed E-state index contributed by atoms with van der Waals surface area (Å²) in [5, 5.41) is 0. The monoisotopic (exact) mass is 319 g/mol. The van der Waals surface area contributed by atoms with E-state index in [0.29, 0.717) is 12.8 Å². The molecular formula is C15H29NO4S. The third-order valence-corrected chi connectivity index (χ3v) is 4.60. The number of amides is 1. The molecule has 1 N–H and O–H groups in total. The second-order valence-electron chi connectivity index (χ2n) is 6.08. The number of carbonyl (C=O) groups excluding carboxylic acids is 2. The summed E-state index contributed by atoms with van der Waals surface area (Å²) >= 11 is 0. The quantitative estimate of drug-likeness (QED) is 0.594. The van der Waals surface area contributed by atoms with Gasteiger partial charge in [0.1, 0.15) is 5.78 Å². The number of sulfonamides is 1. The first-order valence-corrected chi connectivity index (χ1v) is 9.38. The van der Waals surface area contributed by atoms with Crippen LogP contribution in [0.25, 0.3) is 0 Å². The van der Waals surface area contributed by atoms with Crippen molar-refractivity contribution in [3.63, 3.8) is 0 Å². The predicted octanol–water partition coefficient (Wildman–Crippen LogP) is 2.65. The van der Waals surface area contributed by atoms with E-state index >= 15 is 0 Å². The van der Waals surface area contributed by atoms with Crippen LogP contribution < -0.4 is 4.72 Å². The van der Waals surface area contributed by atoms with Gasteiger partial charge in [0.2, 0.25) is 15.9 Å². The Kier molecular flexibility index (Phi) is 9.49. The van der Waals surface area contributed by atoms with Crippen molar-refractivity contribution in [2.24, 2.45) is 11.8 Å². The minimum atomic E-state index is -3.50. The summed E-state index contributed by atoms with van der Waals surface area (Å²) < 4.78 is 25.3. The summed E-state index contributed by atoms with van der Waals surface area (Å²) in [6.07, 6.45) is 4.68. The zero-order valence-electron chi connectivity index (χ0n) is 13.6. The van der Waals surface area contributed by atoms with Crippen LogP contribution in [-0.4, -0.2) is 25.9 Å². The van der Waals surface area contributed by atoms with Gasteiger partial charge in [-0.15, -0.1) is 0 Å². The Balaban J connectivity index is 3.71. The van der Waals surface area contributed by atoms with E-state index in [-0.39, 0.29) is 23.4 Å². The molecule has 0 saturated carbocycles. The molecular weight excluding hydrogens is 290 g/mol. The van der Waals surface area contributed by atoms with Crippen molar-refractivity contribution in [1.29, 1.82) is 0 Å². The van der Waals surface area contributed by atoms with Gasteiger partial charge in [0.25, 0.3) is 0 Å². The van der Waals surface area contributed by atoms with Crippen LogP contribution in [0.2, 0.25) is 0 Å². The molecule has 21 heavy (non-hydrogen) atoms. The molecule has 6 heteroatoms. The minimum absolute atomic E-state index is 0.0175. The number of carbonyl (C=O) groups is 2. The Morgan fingerprint density at radius 1 is 0.857 bits per heavy atom. The average molecular weight is 319 g/mol. The summed E-state index contributed by atoms with van der Waals surface area (Å²) in [5.41, 5.74) is 0. The molecule has 0 rings (SSSR count). The highest BCUT2D eigenvalue weighted by atomic mass is 32.2. The van der Waals surface area contributed by atoms with E-state index in [1.54, 1.807) is 13.8 Å². The van der Waals surface area contributed by atoms with Gasteiger partial charge in [0, 0.05) is 18.3 Å². The Morgan fingerprint density at radius 2 is 1.38 bits per heavy atom. The lowest BCUT2D eigenvalue weighted by atomic mass is 10.0. The molecule has 0 aliphatic heterocycles. The van der Waals surface area contributed by atoms with Crippen LogP contribution in [0.3, 0.4) is 0 Å². The van der Waals surface area contributed by atoms with Crippen molar-refractivity contribution in [1.82, 2.24) is 4.72 Å². The number of ketones is 1. The first kappa shape index (κ1) is 20.1. The highest BCUT2D eigenvalue weighted by Crippen LogP contribution is 2.09. The van der Waals surface area contributed by atoms with Gasteiger partial charge in [-0.3, -0.25) is 14.3 Å². The van der Waals surface area contributed by atoms with Crippen molar-refractivity contribution in [2.75, 3.05) is 5.75 Å². The number of nitrogens with one attached hydrogen (secondary N) is 1. The molecule has 0 bridgehead atoms. The molecule has 0 fully saturated rings. The zero-order chi connectivity index (χ0) is 16.5. The molecule has 124 valence electrons. The lowest BCUT2D eigenvalue weighted by Gasteiger charge is -2.08. The Morgan fingerprint density at radius 3 is 1.90 bits per heavy atom. The normalized spacial score (nSPS) is 11.9. The third kappa shape index (κ3) is 10.5. The topological polar surface area (TPSA) is 80.3 Å². The van der Waals surface area contributed by atoms with Crippen molar-refractivity contribution in [2.45, 2.75) is 66.2 Å². The van der Waals surface area contributed by atoms with E-state index < -0.39 is 15.9 Å². The van der Waals surface area contributed by atoms with E-state index in [1.807, 2.05) is 13.8 Å². The lowest BCUT2D eigenvalue weighted by molar-refractivity contribution is -0.122. The molecule has 0 aromatic rings.